The lowest BCUT2D eigenvalue weighted by Gasteiger charge is -2.15. The largest absolute Gasteiger partial charge is 0.333 e. The van der Waals surface area contributed by atoms with Crippen LogP contribution < -0.4 is 5.43 Å². The molecule has 0 radical (unpaired) electrons. The number of nitrogens with zero attached hydrogens (tertiary/aromatic N) is 1. The third-order valence-electron chi connectivity index (χ3n) is 3.84. The Bertz CT molecular complexity index is 830. The summed E-state index contributed by atoms with van der Waals surface area (Å²) >= 11 is 0. The molecule has 0 aliphatic heterocycles. The quantitative estimate of drug-likeness (QED) is 0.689. The lowest BCUT2D eigenvalue weighted by molar-refractivity contribution is -0.122. The Hall–Kier alpha value is -2.42. The number of benzene rings is 2. The molecule has 3 nitrogen and oxygen atoms in total. The molecule has 0 saturated heterocycles. The van der Waals surface area contributed by atoms with E-state index in [-0.39, 0.29) is 17.1 Å². The highest BCUT2D eigenvalue weighted by atomic mass is 16.1. The summed E-state index contributed by atoms with van der Waals surface area (Å²) < 4.78 is 1.95. The fraction of sp³-hybridized carbons (Fsp3) is 0.222. The van der Waals surface area contributed by atoms with Crippen LogP contribution in [-0.2, 0) is 11.3 Å². The molecule has 0 N–H and O–H groups in total. The van der Waals surface area contributed by atoms with Crippen molar-refractivity contribution in [2.75, 3.05) is 0 Å². The van der Waals surface area contributed by atoms with Gasteiger partial charge in [-0.3, -0.25) is 9.59 Å². The van der Waals surface area contributed by atoms with Crippen molar-refractivity contribution in [1.29, 1.82) is 0 Å². The second kappa shape index (κ2) is 5.17. The smallest absolute Gasteiger partial charge is 0.197 e. The van der Waals surface area contributed by atoms with Crippen LogP contribution in [0.5, 0.6) is 0 Å². The molecule has 0 unspecified atom stereocenters. The van der Waals surface area contributed by atoms with Gasteiger partial charge in [0.05, 0.1) is 17.6 Å². The zero-order valence-electron chi connectivity index (χ0n) is 12.2. The third-order valence-corrected chi connectivity index (χ3v) is 3.84. The predicted molar refractivity (Wildman–Crippen MR) is 85.6 cm³/mol. The number of carbonyl (C=O) groups is 1. The van der Waals surface area contributed by atoms with Gasteiger partial charge in [-0.05, 0) is 24.3 Å². The number of fused-ring (bicyclic) bond motifs is 2. The molecule has 0 saturated carbocycles. The molecular weight excluding hydrogens is 262 g/mol. The molecule has 3 heteroatoms. The van der Waals surface area contributed by atoms with Crippen LogP contribution in [0, 0.1) is 5.92 Å². The first-order valence-corrected chi connectivity index (χ1v) is 7.12. The number of hydrogen-bond acceptors (Lipinski definition) is 2. The number of para-hydroxylation sites is 2. The molecule has 0 aliphatic carbocycles. The highest BCUT2D eigenvalue weighted by molar-refractivity contribution is 5.95. The lowest BCUT2D eigenvalue weighted by Crippen LogP contribution is -2.19. The number of carbonyl (C=O) groups excluding carboxylic acids is 1. The van der Waals surface area contributed by atoms with Gasteiger partial charge in [0.25, 0.3) is 0 Å². The summed E-state index contributed by atoms with van der Waals surface area (Å²) in [6.07, 6.45) is 0. The van der Waals surface area contributed by atoms with Gasteiger partial charge in [-0.25, -0.2) is 0 Å². The Kier molecular flexibility index (Phi) is 3.34. The summed E-state index contributed by atoms with van der Waals surface area (Å²) in [5, 5.41) is 1.32. The van der Waals surface area contributed by atoms with E-state index < -0.39 is 0 Å². The van der Waals surface area contributed by atoms with Gasteiger partial charge >= 0.3 is 0 Å². The second-order valence-corrected chi connectivity index (χ2v) is 5.57. The molecule has 21 heavy (non-hydrogen) atoms. The van der Waals surface area contributed by atoms with Crippen molar-refractivity contribution < 1.29 is 4.79 Å². The van der Waals surface area contributed by atoms with Gasteiger partial charge in [0.2, 0.25) is 0 Å². The van der Waals surface area contributed by atoms with E-state index in [4.69, 9.17) is 0 Å². The maximum absolute atomic E-state index is 12.6. The third kappa shape index (κ3) is 2.25. The summed E-state index contributed by atoms with van der Waals surface area (Å²) in [6, 6.07) is 14.9. The standard InChI is InChI=1S/C18H17NO2/c1-12(2)17(20)11-19-15-9-5-3-7-13(15)18(21)14-8-4-6-10-16(14)19/h3-10,12H,11H2,1-2H3. The SMILES string of the molecule is CC(C)C(=O)Cn1c2ccccc2c(=O)c2ccccc21. The molecule has 0 bridgehead atoms. The fourth-order valence-corrected chi connectivity index (χ4v) is 2.59. The van der Waals surface area contributed by atoms with Gasteiger partial charge < -0.3 is 4.57 Å². The summed E-state index contributed by atoms with van der Waals surface area (Å²) in [5.74, 6) is 0.135. The van der Waals surface area contributed by atoms with Crippen molar-refractivity contribution in [3.8, 4) is 0 Å². The molecular formula is C18H17NO2. The van der Waals surface area contributed by atoms with Crippen LogP contribution >= 0.6 is 0 Å². The maximum atomic E-state index is 12.6. The van der Waals surface area contributed by atoms with E-state index in [9.17, 15) is 9.59 Å². The summed E-state index contributed by atoms with van der Waals surface area (Å²) in [6.45, 7) is 4.09. The number of rotatable bonds is 3. The Morgan fingerprint density at radius 2 is 1.43 bits per heavy atom. The second-order valence-electron chi connectivity index (χ2n) is 5.57. The van der Waals surface area contributed by atoms with Crippen molar-refractivity contribution >= 4 is 27.6 Å². The molecule has 2 aromatic carbocycles. The van der Waals surface area contributed by atoms with Gasteiger partial charge in [0, 0.05) is 16.7 Å². The number of hydrogen-bond donors (Lipinski definition) is 0. The van der Waals surface area contributed by atoms with E-state index in [2.05, 4.69) is 0 Å². The van der Waals surface area contributed by atoms with E-state index >= 15 is 0 Å². The number of ketones is 1. The first-order valence-electron chi connectivity index (χ1n) is 7.12. The minimum Gasteiger partial charge on any atom is -0.333 e. The summed E-state index contributed by atoms with van der Waals surface area (Å²) in [7, 11) is 0. The molecule has 106 valence electrons. The van der Waals surface area contributed by atoms with Crippen LogP contribution in [-0.4, -0.2) is 10.4 Å². The van der Waals surface area contributed by atoms with Gasteiger partial charge in [0.1, 0.15) is 0 Å². The number of pyridine rings is 1. The van der Waals surface area contributed by atoms with Crippen LogP contribution in [0.2, 0.25) is 0 Å². The van der Waals surface area contributed by atoms with Gasteiger partial charge in [-0.2, -0.15) is 0 Å². The molecule has 0 atom stereocenters. The molecule has 0 fully saturated rings. The zero-order chi connectivity index (χ0) is 15.0. The molecule has 0 amide bonds. The molecule has 0 aliphatic rings. The molecule has 1 heterocycles. The van der Waals surface area contributed by atoms with E-state index in [1.807, 2.05) is 66.9 Å². The normalized spacial score (nSPS) is 11.4. The first-order chi connectivity index (χ1) is 10.1. The highest BCUT2D eigenvalue weighted by Crippen LogP contribution is 2.19. The van der Waals surface area contributed by atoms with E-state index in [0.717, 1.165) is 11.0 Å². The topological polar surface area (TPSA) is 39.1 Å². The molecule has 3 aromatic rings. The van der Waals surface area contributed by atoms with Crippen molar-refractivity contribution in [3.05, 3.63) is 58.8 Å². The van der Waals surface area contributed by atoms with Crippen molar-refractivity contribution in [3.63, 3.8) is 0 Å². The van der Waals surface area contributed by atoms with Crippen LogP contribution in [0.15, 0.2) is 53.3 Å². The minimum absolute atomic E-state index is 0.0226. The monoisotopic (exact) mass is 279 g/mol. The van der Waals surface area contributed by atoms with Crippen molar-refractivity contribution in [2.45, 2.75) is 20.4 Å². The zero-order valence-corrected chi connectivity index (χ0v) is 12.2. The van der Waals surface area contributed by atoms with Crippen LogP contribution in [0.1, 0.15) is 13.8 Å². The van der Waals surface area contributed by atoms with Gasteiger partial charge in [-0.1, -0.05) is 38.1 Å². The molecule has 0 spiro atoms. The lowest BCUT2D eigenvalue weighted by atomic mass is 10.1. The number of aromatic nitrogens is 1. The van der Waals surface area contributed by atoms with E-state index in [1.54, 1.807) is 0 Å². The van der Waals surface area contributed by atoms with Crippen LogP contribution in [0.4, 0.5) is 0 Å². The predicted octanol–water partition coefficient (Wildman–Crippen LogP) is 3.38. The Morgan fingerprint density at radius 3 is 1.90 bits per heavy atom. The Balaban J connectivity index is 2.40. The Morgan fingerprint density at radius 1 is 0.952 bits per heavy atom. The van der Waals surface area contributed by atoms with Crippen molar-refractivity contribution in [2.24, 2.45) is 5.92 Å². The van der Waals surface area contributed by atoms with E-state index in [0.29, 0.717) is 17.3 Å². The van der Waals surface area contributed by atoms with E-state index in [1.165, 1.54) is 0 Å². The van der Waals surface area contributed by atoms with Crippen LogP contribution in [0.3, 0.4) is 0 Å². The van der Waals surface area contributed by atoms with Gasteiger partial charge in [-0.15, -0.1) is 0 Å². The number of Topliss-reactive ketones (excluding diaryl/α,β-unsaturated/α-hetero) is 1. The van der Waals surface area contributed by atoms with Crippen LogP contribution in [0.25, 0.3) is 21.8 Å². The maximum Gasteiger partial charge on any atom is 0.197 e. The summed E-state index contributed by atoms with van der Waals surface area (Å²) in [5.41, 5.74) is 1.65. The minimum atomic E-state index is -0.0260. The molecule has 3 rings (SSSR count). The summed E-state index contributed by atoms with van der Waals surface area (Å²) in [4.78, 5) is 24.7. The Labute approximate surface area is 122 Å². The fourth-order valence-electron chi connectivity index (χ4n) is 2.59. The van der Waals surface area contributed by atoms with Gasteiger partial charge in [0.15, 0.2) is 11.2 Å². The highest BCUT2D eigenvalue weighted by Gasteiger charge is 2.14. The average molecular weight is 279 g/mol. The van der Waals surface area contributed by atoms with Crippen molar-refractivity contribution in [1.82, 2.24) is 4.57 Å². The first kappa shape index (κ1) is 13.6. The average Bonchev–Trinajstić information content (AvgIpc) is 2.51. The molecule has 1 aromatic heterocycles.